The third-order valence-corrected chi connectivity index (χ3v) is 3.16. The third kappa shape index (κ3) is 3.77. The van der Waals surface area contributed by atoms with Gasteiger partial charge < -0.3 is 15.4 Å². The van der Waals surface area contributed by atoms with Crippen molar-refractivity contribution >= 4 is 17.5 Å². The van der Waals surface area contributed by atoms with Gasteiger partial charge in [0.25, 0.3) is 0 Å². The Labute approximate surface area is 116 Å². The second kappa shape index (κ2) is 6.47. The van der Waals surface area contributed by atoms with Gasteiger partial charge in [-0.2, -0.15) is 0 Å². The minimum atomic E-state index is -0.766. The molecule has 0 aliphatic carbocycles. The molecule has 1 saturated heterocycles. The van der Waals surface area contributed by atoms with Crippen molar-refractivity contribution in [1.82, 2.24) is 5.32 Å². The van der Waals surface area contributed by atoms with E-state index in [1.165, 1.54) is 18.2 Å². The number of carbonyl (C=O) groups excluding carboxylic acids is 2. The van der Waals surface area contributed by atoms with Gasteiger partial charge >= 0.3 is 11.8 Å². The van der Waals surface area contributed by atoms with Gasteiger partial charge in [0.1, 0.15) is 5.82 Å². The second-order valence-corrected chi connectivity index (χ2v) is 4.76. The van der Waals surface area contributed by atoms with Crippen LogP contribution in [0.5, 0.6) is 0 Å². The molecular weight excluding hydrogens is 263 g/mol. The van der Waals surface area contributed by atoms with Crippen molar-refractivity contribution in [1.29, 1.82) is 0 Å². The molecule has 1 aliphatic heterocycles. The van der Waals surface area contributed by atoms with Crippen molar-refractivity contribution in [3.63, 3.8) is 0 Å². The molecule has 1 heterocycles. The van der Waals surface area contributed by atoms with Gasteiger partial charge in [-0.15, -0.1) is 0 Å². The number of amides is 2. The lowest BCUT2D eigenvalue weighted by molar-refractivity contribution is -0.136. The molecule has 2 amide bonds. The molecular formula is C14H17FN2O3. The molecule has 0 radical (unpaired) electrons. The molecule has 1 aromatic rings. The first-order valence-corrected chi connectivity index (χ1v) is 6.53. The van der Waals surface area contributed by atoms with E-state index in [-0.39, 0.29) is 11.9 Å². The molecule has 1 atom stereocenters. The molecule has 5 nitrogen and oxygen atoms in total. The predicted octanol–water partition coefficient (Wildman–Crippen LogP) is 1.37. The Kier molecular flexibility index (Phi) is 4.68. The van der Waals surface area contributed by atoms with E-state index in [2.05, 4.69) is 10.6 Å². The van der Waals surface area contributed by atoms with Gasteiger partial charge in [-0.1, -0.05) is 0 Å². The molecule has 2 rings (SSSR count). The molecule has 2 N–H and O–H groups in total. The zero-order valence-corrected chi connectivity index (χ0v) is 11.2. The van der Waals surface area contributed by atoms with Crippen molar-refractivity contribution in [2.75, 3.05) is 18.5 Å². The Morgan fingerprint density at radius 1 is 1.40 bits per heavy atom. The van der Waals surface area contributed by atoms with Crippen molar-refractivity contribution < 1.29 is 18.7 Å². The summed E-state index contributed by atoms with van der Waals surface area (Å²) in [5, 5.41) is 4.98. The van der Waals surface area contributed by atoms with Crippen LogP contribution in [0.15, 0.2) is 18.2 Å². The average Bonchev–Trinajstić information content (AvgIpc) is 2.92. The van der Waals surface area contributed by atoms with E-state index >= 15 is 0 Å². The Hall–Kier alpha value is -1.95. The number of ether oxygens (including phenoxy) is 1. The second-order valence-electron chi connectivity index (χ2n) is 4.76. The number of hydrogen-bond acceptors (Lipinski definition) is 3. The van der Waals surface area contributed by atoms with Crippen molar-refractivity contribution in [3.8, 4) is 0 Å². The fraction of sp³-hybridized carbons (Fsp3) is 0.429. The minimum absolute atomic E-state index is 0.0145. The van der Waals surface area contributed by atoms with Crippen LogP contribution in [-0.2, 0) is 14.3 Å². The van der Waals surface area contributed by atoms with Gasteiger partial charge in [0.05, 0.1) is 6.10 Å². The fourth-order valence-corrected chi connectivity index (χ4v) is 2.04. The summed E-state index contributed by atoms with van der Waals surface area (Å²) in [4.78, 5) is 23.3. The van der Waals surface area contributed by atoms with Crippen LogP contribution < -0.4 is 10.6 Å². The molecule has 1 aliphatic rings. The number of nitrogens with one attached hydrogen (secondary N) is 2. The standard InChI is InChI=1S/C14H17FN2O3/c1-9-7-10(15)4-5-12(9)17-14(19)13(18)16-8-11-3-2-6-20-11/h4-5,7,11H,2-3,6,8H2,1H3,(H,16,18)(H,17,19)/t11-/m0/s1. The Balaban J connectivity index is 1.85. The van der Waals surface area contributed by atoms with E-state index in [1.54, 1.807) is 6.92 Å². The van der Waals surface area contributed by atoms with Gasteiger partial charge in [-0.3, -0.25) is 9.59 Å². The average molecular weight is 280 g/mol. The summed E-state index contributed by atoms with van der Waals surface area (Å²) < 4.78 is 18.3. The molecule has 0 aromatic heterocycles. The van der Waals surface area contributed by atoms with Gasteiger partial charge in [-0.25, -0.2) is 4.39 Å². The number of rotatable bonds is 3. The summed E-state index contributed by atoms with van der Waals surface area (Å²) in [6, 6.07) is 3.95. The van der Waals surface area contributed by atoms with Crippen LogP contribution in [-0.4, -0.2) is 31.1 Å². The van der Waals surface area contributed by atoms with E-state index in [9.17, 15) is 14.0 Å². The van der Waals surface area contributed by atoms with Crippen LogP contribution >= 0.6 is 0 Å². The normalized spacial score (nSPS) is 17.8. The topological polar surface area (TPSA) is 67.4 Å². The smallest absolute Gasteiger partial charge is 0.313 e. The minimum Gasteiger partial charge on any atom is -0.376 e. The van der Waals surface area contributed by atoms with E-state index in [0.717, 1.165) is 12.8 Å². The molecule has 108 valence electrons. The lowest BCUT2D eigenvalue weighted by atomic mass is 10.2. The summed E-state index contributed by atoms with van der Waals surface area (Å²) in [6.45, 7) is 2.68. The number of aryl methyl sites for hydroxylation is 1. The monoisotopic (exact) mass is 280 g/mol. The van der Waals surface area contributed by atoms with Crippen LogP contribution in [0.3, 0.4) is 0 Å². The van der Waals surface area contributed by atoms with Crippen LogP contribution in [0, 0.1) is 12.7 Å². The Morgan fingerprint density at radius 3 is 2.85 bits per heavy atom. The Bertz CT molecular complexity index is 513. The first-order chi connectivity index (χ1) is 9.56. The van der Waals surface area contributed by atoms with E-state index in [1.807, 2.05) is 0 Å². The van der Waals surface area contributed by atoms with E-state index < -0.39 is 11.8 Å². The van der Waals surface area contributed by atoms with Crippen LogP contribution in [0.4, 0.5) is 10.1 Å². The highest BCUT2D eigenvalue weighted by Crippen LogP contribution is 2.15. The lowest BCUT2D eigenvalue weighted by Crippen LogP contribution is -2.39. The molecule has 0 saturated carbocycles. The first-order valence-electron chi connectivity index (χ1n) is 6.53. The molecule has 6 heteroatoms. The first kappa shape index (κ1) is 14.5. The van der Waals surface area contributed by atoms with Crippen LogP contribution in [0.1, 0.15) is 18.4 Å². The fourth-order valence-electron chi connectivity index (χ4n) is 2.04. The third-order valence-electron chi connectivity index (χ3n) is 3.16. The number of halogens is 1. The molecule has 0 bridgehead atoms. The quantitative estimate of drug-likeness (QED) is 0.822. The Morgan fingerprint density at radius 2 is 2.20 bits per heavy atom. The van der Waals surface area contributed by atoms with Gasteiger partial charge in [0.2, 0.25) is 0 Å². The highest BCUT2D eigenvalue weighted by Gasteiger charge is 2.19. The van der Waals surface area contributed by atoms with Crippen LogP contribution in [0.2, 0.25) is 0 Å². The molecule has 20 heavy (non-hydrogen) atoms. The summed E-state index contributed by atoms with van der Waals surface area (Å²) >= 11 is 0. The van der Waals surface area contributed by atoms with Crippen molar-refractivity contribution in [2.24, 2.45) is 0 Å². The summed E-state index contributed by atoms with van der Waals surface area (Å²) in [5.74, 6) is -1.87. The van der Waals surface area contributed by atoms with Gasteiger partial charge in [0.15, 0.2) is 0 Å². The van der Waals surface area contributed by atoms with E-state index in [4.69, 9.17) is 4.74 Å². The van der Waals surface area contributed by atoms with Crippen LogP contribution in [0.25, 0.3) is 0 Å². The summed E-state index contributed by atoms with van der Waals surface area (Å²) in [7, 11) is 0. The molecule has 1 fully saturated rings. The van der Waals surface area contributed by atoms with Crippen molar-refractivity contribution in [2.45, 2.75) is 25.9 Å². The maximum atomic E-state index is 12.9. The largest absolute Gasteiger partial charge is 0.376 e. The molecule has 1 aromatic carbocycles. The zero-order valence-electron chi connectivity index (χ0n) is 11.2. The summed E-state index contributed by atoms with van der Waals surface area (Å²) in [5.41, 5.74) is 0.981. The highest BCUT2D eigenvalue weighted by atomic mass is 19.1. The summed E-state index contributed by atoms with van der Waals surface area (Å²) in [6.07, 6.45) is 1.85. The van der Waals surface area contributed by atoms with Gasteiger partial charge in [-0.05, 0) is 43.5 Å². The van der Waals surface area contributed by atoms with Crippen molar-refractivity contribution in [3.05, 3.63) is 29.6 Å². The zero-order chi connectivity index (χ0) is 14.5. The number of benzene rings is 1. The number of carbonyl (C=O) groups is 2. The lowest BCUT2D eigenvalue weighted by Gasteiger charge is -2.11. The molecule has 0 unspecified atom stereocenters. The highest BCUT2D eigenvalue weighted by molar-refractivity contribution is 6.39. The predicted molar refractivity (Wildman–Crippen MR) is 71.8 cm³/mol. The van der Waals surface area contributed by atoms with E-state index in [0.29, 0.717) is 24.4 Å². The SMILES string of the molecule is Cc1cc(F)ccc1NC(=O)C(=O)NC[C@@H]1CCCO1. The number of hydrogen-bond donors (Lipinski definition) is 2. The maximum absolute atomic E-state index is 12.9. The maximum Gasteiger partial charge on any atom is 0.313 e. The number of anilines is 1. The van der Waals surface area contributed by atoms with Gasteiger partial charge in [0, 0.05) is 18.8 Å². The molecule has 0 spiro atoms.